The highest BCUT2D eigenvalue weighted by Gasteiger charge is 2.35. The van der Waals surface area contributed by atoms with Crippen LogP contribution in [0.15, 0.2) is 64.6 Å². The highest BCUT2D eigenvalue weighted by molar-refractivity contribution is 7.80. The predicted molar refractivity (Wildman–Crippen MR) is 135 cm³/mol. The van der Waals surface area contributed by atoms with Crippen molar-refractivity contribution < 1.29 is 33.4 Å². The first kappa shape index (κ1) is 24.7. The van der Waals surface area contributed by atoms with Gasteiger partial charge in [-0.25, -0.2) is 4.79 Å². The molecule has 2 aromatic carbocycles. The van der Waals surface area contributed by atoms with E-state index in [9.17, 15) is 14.4 Å². The molecule has 0 radical (unpaired) electrons. The molecule has 1 aliphatic heterocycles. The second kappa shape index (κ2) is 10.4. The third kappa shape index (κ3) is 5.13. The number of nitrogens with zero attached hydrogens (tertiary/aromatic N) is 1. The Morgan fingerprint density at radius 3 is 2.58 bits per heavy atom. The Labute approximate surface area is 211 Å². The maximum atomic E-state index is 13.3. The molecule has 1 fully saturated rings. The van der Waals surface area contributed by atoms with E-state index < -0.39 is 17.8 Å². The Kier molecular flexibility index (Phi) is 7.16. The Bertz CT molecular complexity index is 1390. The van der Waals surface area contributed by atoms with Crippen LogP contribution in [-0.2, 0) is 16.2 Å². The maximum Gasteiger partial charge on any atom is 0.371 e. The number of carboxylic acids is 1. The number of carboxylic acid groups (broad SMARTS) is 1. The molecular weight excluding hydrogens is 484 g/mol. The summed E-state index contributed by atoms with van der Waals surface area (Å²) < 4.78 is 16.6. The van der Waals surface area contributed by atoms with E-state index in [-0.39, 0.29) is 23.1 Å². The molecule has 0 spiro atoms. The number of thiocarbonyl (C=S) groups is 1. The van der Waals surface area contributed by atoms with Crippen molar-refractivity contribution in [3.05, 3.63) is 82.8 Å². The van der Waals surface area contributed by atoms with Crippen LogP contribution in [0.4, 0.5) is 5.69 Å². The van der Waals surface area contributed by atoms with Gasteiger partial charge in [-0.1, -0.05) is 24.3 Å². The first-order valence-electron chi connectivity index (χ1n) is 11.0. The first-order valence-corrected chi connectivity index (χ1v) is 11.4. The lowest BCUT2D eigenvalue weighted by Crippen LogP contribution is -2.54. The molecule has 3 aromatic rings. The number of rotatable bonds is 8. The van der Waals surface area contributed by atoms with Crippen LogP contribution in [0.3, 0.4) is 0 Å². The van der Waals surface area contributed by atoms with Crippen LogP contribution in [0.25, 0.3) is 6.08 Å². The summed E-state index contributed by atoms with van der Waals surface area (Å²) >= 11 is 5.27. The summed E-state index contributed by atoms with van der Waals surface area (Å²) in [6.45, 7) is 3.98. The second-order valence-electron chi connectivity index (χ2n) is 7.74. The summed E-state index contributed by atoms with van der Waals surface area (Å²) in [6.07, 6.45) is 1.46. The number of hydrogen-bond donors (Lipinski definition) is 2. The van der Waals surface area contributed by atoms with Crippen molar-refractivity contribution in [2.24, 2.45) is 0 Å². The van der Waals surface area contributed by atoms with Gasteiger partial charge in [-0.3, -0.25) is 19.8 Å². The number of anilines is 1. The van der Waals surface area contributed by atoms with Gasteiger partial charge in [0.15, 0.2) is 16.6 Å². The minimum Gasteiger partial charge on any atom is -0.490 e. The zero-order valence-electron chi connectivity index (χ0n) is 19.4. The number of carbonyl (C=O) groups excluding carboxylic acids is 2. The van der Waals surface area contributed by atoms with Gasteiger partial charge in [-0.2, -0.15) is 0 Å². The summed E-state index contributed by atoms with van der Waals surface area (Å²) in [7, 11) is 0. The van der Waals surface area contributed by atoms with Crippen molar-refractivity contribution in [2.75, 3.05) is 11.5 Å². The van der Waals surface area contributed by atoms with Crippen molar-refractivity contribution in [1.29, 1.82) is 0 Å². The SMILES string of the molecule is CCOc1cc(C=C2C(=O)NC(=S)N(c3ccccc3C)C2=O)ccc1OCc1ccc(C(=O)O)o1. The number of furan rings is 1. The van der Waals surface area contributed by atoms with E-state index in [4.69, 9.17) is 31.2 Å². The standard InChI is InChI=1S/C26H22N2O7S/c1-3-33-22-13-16(8-10-20(22)34-14-17-9-11-21(35-17)25(31)32)12-18-23(29)27-26(36)28(24(18)30)19-7-5-4-6-15(19)2/h4-13H,3,14H2,1-2H3,(H,31,32)(H,27,29,36). The van der Waals surface area contributed by atoms with E-state index in [1.165, 1.54) is 23.1 Å². The second-order valence-corrected chi connectivity index (χ2v) is 8.13. The van der Waals surface area contributed by atoms with Gasteiger partial charge in [0, 0.05) is 0 Å². The van der Waals surface area contributed by atoms with Crippen LogP contribution < -0.4 is 19.7 Å². The number of benzene rings is 2. The van der Waals surface area contributed by atoms with Crippen molar-refractivity contribution in [2.45, 2.75) is 20.5 Å². The highest BCUT2D eigenvalue weighted by Crippen LogP contribution is 2.31. The lowest BCUT2D eigenvalue weighted by atomic mass is 10.1. The molecule has 4 rings (SSSR count). The first-order chi connectivity index (χ1) is 17.3. The van der Waals surface area contributed by atoms with Gasteiger partial charge in [0.05, 0.1) is 12.3 Å². The number of amides is 2. The Balaban J connectivity index is 1.60. The minimum atomic E-state index is -1.17. The van der Waals surface area contributed by atoms with Crippen molar-refractivity contribution in [1.82, 2.24) is 5.32 Å². The van der Waals surface area contributed by atoms with Crippen molar-refractivity contribution in [3.63, 3.8) is 0 Å². The lowest BCUT2D eigenvalue weighted by molar-refractivity contribution is -0.122. The fourth-order valence-corrected chi connectivity index (χ4v) is 3.85. The van der Waals surface area contributed by atoms with Gasteiger partial charge in [0.25, 0.3) is 11.8 Å². The summed E-state index contributed by atoms with van der Waals surface area (Å²) in [6, 6.07) is 15.0. The highest BCUT2D eigenvalue weighted by atomic mass is 32.1. The molecule has 0 unspecified atom stereocenters. The molecular formula is C26H22N2O7S. The zero-order valence-corrected chi connectivity index (χ0v) is 20.3. The zero-order chi connectivity index (χ0) is 25.8. The number of nitrogens with one attached hydrogen (secondary N) is 1. The van der Waals surface area contributed by atoms with Gasteiger partial charge in [0.1, 0.15) is 17.9 Å². The molecule has 0 atom stereocenters. The van der Waals surface area contributed by atoms with E-state index in [1.807, 2.05) is 19.1 Å². The number of hydrogen-bond acceptors (Lipinski definition) is 7. The van der Waals surface area contributed by atoms with Gasteiger partial charge in [-0.15, -0.1) is 0 Å². The van der Waals surface area contributed by atoms with E-state index in [0.717, 1.165) is 5.56 Å². The van der Waals surface area contributed by atoms with E-state index in [1.54, 1.807) is 37.3 Å². The smallest absolute Gasteiger partial charge is 0.371 e. The quantitative estimate of drug-likeness (QED) is 0.266. The molecule has 2 amide bonds. The maximum absolute atomic E-state index is 13.3. The average molecular weight is 507 g/mol. The van der Waals surface area contributed by atoms with E-state index in [0.29, 0.717) is 35.1 Å². The van der Waals surface area contributed by atoms with Gasteiger partial charge >= 0.3 is 5.97 Å². The lowest BCUT2D eigenvalue weighted by Gasteiger charge is -2.30. The van der Waals surface area contributed by atoms with E-state index >= 15 is 0 Å². The number of para-hydroxylation sites is 1. The summed E-state index contributed by atoms with van der Waals surface area (Å²) in [5.41, 5.74) is 1.87. The van der Waals surface area contributed by atoms with Crippen molar-refractivity contribution in [3.8, 4) is 11.5 Å². The minimum absolute atomic E-state index is 0.0131. The molecule has 9 nitrogen and oxygen atoms in total. The molecule has 0 bridgehead atoms. The third-order valence-corrected chi connectivity index (χ3v) is 5.56. The summed E-state index contributed by atoms with van der Waals surface area (Å²) in [4.78, 5) is 38.2. The van der Waals surface area contributed by atoms with Crippen LogP contribution in [0.1, 0.15) is 34.4 Å². The van der Waals surface area contributed by atoms with Crippen LogP contribution in [-0.4, -0.2) is 34.6 Å². The Morgan fingerprint density at radius 1 is 1.11 bits per heavy atom. The Morgan fingerprint density at radius 2 is 1.89 bits per heavy atom. The molecule has 0 aliphatic carbocycles. The predicted octanol–water partition coefficient (Wildman–Crippen LogP) is 4.10. The topological polar surface area (TPSA) is 118 Å². The molecule has 2 N–H and O–H groups in total. The normalized spacial score (nSPS) is 14.7. The average Bonchev–Trinajstić information content (AvgIpc) is 3.32. The van der Waals surface area contributed by atoms with E-state index in [2.05, 4.69) is 5.32 Å². The van der Waals surface area contributed by atoms with Gasteiger partial charge in [-0.05, 0) is 73.6 Å². The molecule has 184 valence electrons. The van der Waals surface area contributed by atoms with Crippen LogP contribution in [0.2, 0.25) is 0 Å². The van der Waals surface area contributed by atoms with Crippen molar-refractivity contribution >= 4 is 46.9 Å². The summed E-state index contributed by atoms with van der Waals surface area (Å²) in [5, 5.41) is 11.6. The number of ether oxygens (including phenoxy) is 2. The molecule has 10 heteroatoms. The summed E-state index contributed by atoms with van der Waals surface area (Å²) in [5.74, 6) is -1.39. The molecule has 2 heterocycles. The fourth-order valence-electron chi connectivity index (χ4n) is 3.58. The molecule has 36 heavy (non-hydrogen) atoms. The fraction of sp³-hybridized carbons (Fsp3) is 0.154. The third-order valence-electron chi connectivity index (χ3n) is 5.28. The van der Waals surface area contributed by atoms with Crippen LogP contribution in [0, 0.1) is 6.92 Å². The molecule has 1 aromatic heterocycles. The monoisotopic (exact) mass is 506 g/mol. The molecule has 1 aliphatic rings. The number of aromatic carboxylic acids is 1. The largest absolute Gasteiger partial charge is 0.490 e. The van der Waals surface area contributed by atoms with Gasteiger partial charge < -0.3 is 19.0 Å². The molecule has 1 saturated heterocycles. The van der Waals surface area contributed by atoms with Crippen LogP contribution >= 0.6 is 12.2 Å². The molecule has 0 saturated carbocycles. The number of aryl methyl sites for hydroxylation is 1. The number of carbonyl (C=O) groups is 3. The van der Waals surface area contributed by atoms with Gasteiger partial charge in [0.2, 0.25) is 5.76 Å². The Hall–Kier alpha value is -4.44. The van der Waals surface area contributed by atoms with Crippen LogP contribution in [0.5, 0.6) is 11.5 Å².